The Morgan fingerprint density at radius 3 is 2.30 bits per heavy atom. The zero-order valence-corrected chi connectivity index (χ0v) is 15.4. The van der Waals surface area contributed by atoms with Gasteiger partial charge in [0.1, 0.15) is 6.29 Å². The number of ether oxygens (including phenoxy) is 4. The third-order valence-corrected chi connectivity index (χ3v) is 3.80. The SMILES string of the molecule is CCOc1ccc(C(=O)C(CO)Oc2ccc(C=O)cc2OC)cc1OC. The van der Waals surface area contributed by atoms with E-state index in [-0.39, 0.29) is 11.5 Å². The van der Waals surface area contributed by atoms with E-state index in [4.69, 9.17) is 18.9 Å². The molecule has 144 valence electrons. The number of hydrogen-bond acceptors (Lipinski definition) is 7. The Morgan fingerprint density at radius 2 is 1.70 bits per heavy atom. The zero-order valence-electron chi connectivity index (χ0n) is 15.4. The van der Waals surface area contributed by atoms with Gasteiger partial charge in [-0.15, -0.1) is 0 Å². The Balaban J connectivity index is 2.27. The Hall–Kier alpha value is -3.06. The summed E-state index contributed by atoms with van der Waals surface area (Å²) in [7, 11) is 2.90. The highest BCUT2D eigenvalue weighted by Crippen LogP contribution is 2.31. The van der Waals surface area contributed by atoms with Crippen LogP contribution < -0.4 is 18.9 Å². The molecule has 0 saturated heterocycles. The number of methoxy groups -OCH3 is 2. The second-order valence-corrected chi connectivity index (χ2v) is 5.48. The molecule has 1 N–H and O–H groups in total. The number of aldehydes is 1. The lowest BCUT2D eigenvalue weighted by Gasteiger charge is -2.18. The van der Waals surface area contributed by atoms with Crippen molar-refractivity contribution in [3.63, 3.8) is 0 Å². The van der Waals surface area contributed by atoms with Gasteiger partial charge < -0.3 is 24.1 Å². The van der Waals surface area contributed by atoms with Gasteiger partial charge in [-0.05, 0) is 43.3 Å². The second-order valence-electron chi connectivity index (χ2n) is 5.48. The van der Waals surface area contributed by atoms with Crippen LogP contribution in [-0.2, 0) is 0 Å². The fraction of sp³-hybridized carbons (Fsp3) is 0.300. The van der Waals surface area contributed by atoms with Crippen LogP contribution >= 0.6 is 0 Å². The number of Topliss-reactive ketones (excluding diaryl/α,β-unsaturated/α-hetero) is 1. The van der Waals surface area contributed by atoms with Gasteiger partial charge in [0.05, 0.1) is 27.4 Å². The van der Waals surface area contributed by atoms with Gasteiger partial charge in [0.2, 0.25) is 5.78 Å². The van der Waals surface area contributed by atoms with Crippen molar-refractivity contribution < 1.29 is 33.6 Å². The van der Waals surface area contributed by atoms with Gasteiger partial charge in [0, 0.05) is 11.1 Å². The molecule has 1 unspecified atom stereocenters. The van der Waals surface area contributed by atoms with Crippen molar-refractivity contribution >= 4 is 12.1 Å². The molecule has 7 heteroatoms. The van der Waals surface area contributed by atoms with Gasteiger partial charge in [-0.2, -0.15) is 0 Å². The van der Waals surface area contributed by atoms with Gasteiger partial charge in [0.25, 0.3) is 0 Å². The first-order valence-corrected chi connectivity index (χ1v) is 8.33. The van der Waals surface area contributed by atoms with E-state index in [0.717, 1.165) is 0 Å². The standard InChI is InChI=1S/C20H22O7/c1-4-26-15-8-6-14(10-18(15)25-3)20(23)19(12-22)27-16-7-5-13(11-21)9-17(16)24-2/h5-11,19,22H,4,12H2,1-3H3. The highest BCUT2D eigenvalue weighted by molar-refractivity contribution is 6.00. The second kappa shape index (κ2) is 9.59. The summed E-state index contributed by atoms with van der Waals surface area (Å²) in [6, 6.07) is 9.27. The molecule has 2 rings (SSSR count). The molecule has 0 radical (unpaired) electrons. The predicted octanol–water partition coefficient (Wildman–Crippen LogP) is 2.54. The first-order valence-electron chi connectivity index (χ1n) is 8.33. The van der Waals surface area contributed by atoms with Crippen LogP contribution in [0.2, 0.25) is 0 Å². The lowest BCUT2D eigenvalue weighted by molar-refractivity contribution is 0.0651. The van der Waals surface area contributed by atoms with Gasteiger partial charge in [-0.1, -0.05) is 0 Å². The summed E-state index contributed by atoms with van der Waals surface area (Å²) in [6.07, 6.45) is -0.476. The molecule has 1 atom stereocenters. The molecule has 0 fully saturated rings. The van der Waals surface area contributed by atoms with E-state index in [0.29, 0.717) is 35.5 Å². The van der Waals surface area contributed by atoms with E-state index < -0.39 is 18.5 Å². The zero-order chi connectivity index (χ0) is 19.8. The van der Waals surface area contributed by atoms with E-state index in [9.17, 15) is 14.7 Å². The highest BCUT2D eigenvalue weighted by Gasteiger charge is 2.24. The molecule has 0 aliphatic carbocycles. The topological polar surface area (TPSA) is 91.3 Å². The minimum Gasteiger partial charge on any atom is -0.493 e. The van der Waals surface area contributed by atoms with Crippen molar-refractivity contribution in [2.45, 2.75) is 13.0 Å². The maximum atomic E-state index is 12.8. The third-order valence-electron chi connectivity index (χ3n) is 3.80. The third kappa shape index (κ3) is 4.77. The van der Waals surface area contributed by atoms with Crippen LogP contribution in [-0.4, -0.2) is 50.7 Å². The number of rotatable bonds is 10. The molecule has 0 amide bonds. The molecule has 27 heavy (non-hydrogen) atoms. The molecule has 0 heterocycles. The predicted molar refractivity (Wildman–Crippen MR) is 98.4 cm³/mol. The molecule has 0 spiro atoms. The number of ketones is 1. The van der Waals surface area contributed by atoms with Crippen LogP contribution in [0.4, 0.5) is 0 Å². The fourth-order valence-corrected chi connectivity index (χ4v) is 2.46. The lowest BCUT2D eigenvalue weighted by Crippen LogP contribution is -2.31. The quantitative estimate of drug-likeness (QED) is 0.505. The van der Waals surface area contributed by atoms with Crippen LogP contribution in [0.5, 0.6) is 23.0 Å². The molecule has 0 bridgehead atoms. The van der Waals surface area contributed by atoms with Crippen LogP contribution in [0.3, 0.4) is 0 Å². The molecule has 0 aromatic heterocycles. The average Bonchev–Trinajstić information content (AvgIpc) is 2.71. The van der Waals surface area contributed by atoms with Crippen molar-refractivity contribution in [3.8, 4) is 23.0 Å². The number of benzene rings is 2. The van der Waals surface area contributed by atoms with Gasteiger partial charge in [-0.3, -0.25) is 9.59 Å². The lowest BCUT2D eigenvalue weighted by atomic mass is 10.1. The highest BCUT2D eigenvalue weighted by atomic mass is 16.5. The monoisotopic (exact) mass is 374 g/mol. The summed E-state index contributed by atoms with van der Waals surface area (Å²) < 4.78 is 21.5. The van der Waals surface area contributed by atoms with E-state index >= 15 is 0 Å². The van der Waals surface area contributed by atoms with E-state index in [1.54, 1.807) is 12.1 Å². The summed E-state index contributed by atoms with van der Waals surface area (Å²) in [5, 5.41) is 9.65. The summed E-state index contributed by atoms with van der Waals surface area (Å²) in [5.74, 6) is 1.03. The van der Waals surface area contributed by atoms with Crippen LogP contribution in [0, 0.1) is 0 Å². The first-order chi connectivity index (χ1) is 13.1. The average molecular weight is 374 g/mol. The maximum absolute atomic E-state index is 12.8. The Kier molecular flexibility index (Phi) is 7.19. The molecule has 7 nitrogen and oxygen atoms in total. The van der Waals surface area contributed by atoms with Crippen molar-refractivity contribution in [2.75, 3.05) is 27.4 Å². The molecule has 0 aliphatic heterocycles. The van der Waals surface area contributed by atoms with Crippen LogP contribution in [0.15, 0.2) is 36.4 Å². The van der Waals surface area contributed by atoms with Crippen LogP contribution in [0.1, 0.15) is 27.6 Å². The van der Waals surface area contributed by atoms with E-state index in [2.05, 4.69) is 0 Å². The van der Waals surface area contributed by atoms with E-state index in [1.807, 2.05) is 6.92 Å². The summed E-state index contributed by atoms with van der Waals surface area (Å²) in [6.45, 7) is 1.77. The summed E-state index contributed by atoms with van der Waals surface area (Å²) >= 11 is 0. The minimum atomic E-state index is -1.15. The van der Waals surface area contributed by atoms with Crippen molar-refractivity contribution in [2.24, 2.45) is 0 Å². The molecule has 2 aromatic carbocycles. The number of hydrogen-bond donors (Lipinski definition) is 1. The van der Waals surface area contributed by atoms with Gasteiger partial charge in [0.15, 0.2) is 29.1 Å². The number of aliphatic hydroxyl groups is 1. The van der Waals surface area contributed by atoms with Crippen molar-refractivity contribution in [3.05, 3.63) is 47.5 Å². The molecular weight excluding hydrogens is 352 g/mol. The molecule has 0 saturated carbocycles. The summed E-state index contributed by atoms with van der Waals surface area (Å²) in [4.78, 5) is 23.6. The molecule has 2 aromatic rings. The Bertz CT molecular complexity index is 801. The molecular formula is C20H22O7. The minimum absolute atomic E-state index is 0.244. The smallest absolute Gasteiger partial charge is 0.205 e. The largest absolute Gasteiger partial charge is 0.493 e. The van der Waals surface area contributed by atoms with Crippen LogP contribution in [0.25, 0.3) is 0 Å². The molecule has 0 aliphatic rings. The fourth-order valence-electron chi connectivity index (χ4n) is 2.46. The number of carbonyl (C=O) groups excluding carboxylic acids is 2. The number of aliphatic hydroxyl groups excluding tert-OH is 1. The Labute approximate surface area is 157 Å². The maximum Gasteiger partial charge on any atom is 0.205 e. The van der Waals surface area contributed by atoms with Gasteiger partial charge in [-0.25, -0.2) is 0 Å². The van der Waals surface area contributed by atoms with Crippen molar-refractivity contribution in [1.82, 2.24) is 0 Å². The normalized spacial score (nSPS) is 11.4. The first kappa shape index (κ1) is 20.3. The van der Waals surface area contributed by atoms with Gasteiger partial charge >= 0.3 is 0 Å². The summed E-state index contributed by atoms with van der Waals surface area (Å²) in [5.41, 5.74) is 0.708. The Morgan fingerprint density at radius 1 is 1.04 bits per heavy atom. The number of carbonyl (C=O) groups is 2. The van der Waals surface area contributed by atoms with Crippen molar-refractivity contribution in [1.29, 1.82) is 0 Å². The van der Waals surface area contributed by atoms with E-state index in [1.165, 1.54) is 38.5 Å².